The zero-order chi connectivity index (χ0) is 15.2. The molecule has 0 aliphatic carbocycles. The van der Waals surface area contributed by atoms with Crippen molar-refractivity contribution in [3.8, 4) is 0 Å². The number of H-pyrrole nitrogens is 1. The third-order valence-corrected chi connectivity index (χ3v) is 3.68. The van der Waals surface area contributed by atoms with Gasteiger partial charge in [0.05, 0.1) is 6.20 Å². The Morgan fingerprint density at radius 2 is 2.38 bits per heavy atom. The van der Waals surface area contributed by atoms with Crippen molar-refractivity contribution in [2.45, 2.75) is 26.7 Å². The van der Waals surface area contributed by atoms with Crippen LogP contribution < -0.4 is 10.9 Å². The number of carbonyl (C=O) groups excluding carboxylic acids is 1. The van der Waals surface area contributed by atoms with Crippen molar-refractivity contribution in [3.05, 3.63) is 28.4 Å². The van der Waals surface area contributed by atoms with Gasteiger partial charge in [0.15, 0.2) is 0 Å². The summed E-state index contributed by atoms with van der Waals surface area (Å²) in [5, 5.41) is 2.91. The summed E-state index contributed by atoms with van der Waals surface area (Å²) in [5.41, 5.74) is -0.0485. The lowest BCUT2D eigenvalue weighted by Crippen LogP contribution is -2.42. The molecule has 0 saturated carbocycles. The van der Waals surface area contributed by atoms with Crippen molar-refractivity contribution in [2.24, 2.45) is 11.8 Å². The molecule has 1 atom stereocenters. The molecular weight excluding hydrogens is 268 g/mol. The summed E-state index contributed by atoms with van der Waals surface area (Å²) in [6.45, 7) is 8.43. The van der Waals surface area contributed by atoms with Crippen molar-refractivity contribution >= 4 is 5.91 Å². The Hall–Kier alpha value is -1.69. The summed E-state index contributed by atoms with van der Waals surface area (Å²) >= 11 is 0. The Kier molecular flexibility index (Phi) is 5.50. The molecular formula is C15H24N4O2. The monoisotopic (exact) mass is 292 g/mol. The van der Waals surface area contributed by atoms with Gasteiger partial charge in [0.2, 0.25) is 0 Å². The van der Waals surface area contributed by atoms with Gasteiger partial charge in [0, 0.05) is 25.8 Å². The third-order valence-electron chi connectivity index (χ3n) is 3.68. The summed E-state index contributed by atoms with van der Waals surface area (Å²) in [6, 6.07) is 0. The van der Waals surface area contributed by atoms with E-state index in [1.165, 1.54) is 12.6 Å². The van der Waals surface area contributed by atoms with Crippen molar-refractivity contribution in [2.75, 3.05) is 26.2 Å². The van der Waals surface area contributed by atoms with Crippen LogP contribution in [0.5, 0.6) is 0 Å². The molecule has 0 bridgehead atoms. The molecule has 21 heavy (non-hydrogen) atoms. The summed E-state index contributed by atoms with van der Waals surface area (Å²) < 4.78 is 0. The lowest BCUT2D eigenvalue weighted by atomic mass is 9.97. The van der Waals surface area contributed by atoms with Crippen LogP contribution in [-0.4, -0.2) is 47.0 Å². The lowest BCUT2D eigenvalue weighted by Gasteiger charge is -2.33. The number of piperidine rings is 1. The Balaban J connectivity index is 1.80. The maximum Gasteiger partial charge on any atom is 0.271 e. The Morgan fingerprint density at radius 1 is 1.57 bits per heavy atom. The fraction of sp³-hybridized carbons (Fsp3) is 0.667. The number of aromatic nitrogens is 2. The van der Waals surface area contributed by atoms with Crippen LogP contribution >= 0.6 is 0 Å². The normalized spacial score (nSPS) is 19.7. The molecule has 2 rings (SSSR count). The van der Waals surface area contributed by atoms with Crippen LogP contribution in [0.2, 0.25) is 0 Å². The van der Waals surface area contributed by atoms with Crippen LogP contribution in [0.4, 0.5) is 0 Å². The van der Waals surface area contributed by atoms with Gasteiger partial charge in [-0.3, -0.25) is 9.59 Å². The standard InChI is InChI=1S/C15H24N4O2/c1-11(2)9-19-5-3-4-12(10-19)6-18-15(21)13-7-17-14(20)8-16-13/h7-8,11-12H,3-6,9-10H2,1-2H3,(H,17,20)(H,18,21)/t12-/m0/s1. The molecule has 0 aromatic carbocycles. The van der Waals surface area contributed by atoms with E-state index in [1.807, 2.05) is 0 Å². The number of aromatic amines is 1. The first kappa shape index (κ1) is 15.7. The molecule has 0 unspecified atom stereocenters. The van der Waals surface area contributed by atoms with E-state index in [1.54, 1.807) is 0 Å². The highest BCUT2D eigenvalue weighted by molar-refractivity contribution is 5.91. The van der Waals surface area contributed by atoms with Gasteiger partial charge in [-0.15, -0.1) is 0 Å². The van der Waals surface area contributed by atoms with Crippen molar-refractivity contribution in [1.82, 2.24) is 20.2 Å². The number of likely N-dealkylation sites (tertiary alicyclic amines) is 1. The largest absolute Gasteiger partial charge is 0.350 e. The van der Waals surface area contributed by atoms with E-state index in [2.05, 4.69) is 34.0 Å². The lowest BCUT2D eigenvalue weighted by molar-refractivity contribution is 0.0923. The molecule has 6 nitrogen and oxygen atoms in total. The smallest absolute Gasteiger partial charge is 0.271 e. The van der Waals surface area contributed by atoms with Crippen molar-refractivity contribution < 1.29 is 4.79 Å². The van der Waals surface area contributed by atoms with Gasteiger partial charge in [0.1, 0.15) is 5.69 Å². The molecule has 1 fully saturated rings. The van der Waals surface area contributed by atoms with Gasteiger partial charge < -0.3 is 15.2 Å². The molecule has 6 heteroatoms. The van der Waals surface area contributed by atoms with Crippen molar-refractivity contribution in [1.29, 1.82) is 0 Å². The van der Waals surface area contributed by atoms with Crippen LogP contribution in [0.1, 0.15) is 37.2 Å². The number of hydrogen-bond acceptors (Lipinski definition) is 4. The number of amides is 1. The first-order chi connectivity index (χ1) is 10.0. The molecule has 1 aromatic heterocycles. The second-order valence-corrected chi connectivity index (χ2v) is 6.17. The molecule has 1 saturated heterocycles. The Bertz CT molecular complexity index is 506. The van der Waals surface area contributed by atoms with Crippen LogP contribution in [0.15, 0.2) is 17.2 Å². The Labute approximate surface area is 125 Å². The van der Waals surface area contributed by atoms with Crippen LogP contribution in [0.3, 0.4) is 0 Å². The minimum Gasteiger partial charge on any atom is -0.350 e. The van der Waals surface area contributed by atoms with Gasteiger partial charge >= 0.3 is 0 Å². The summed E-state index contributed by atoms with van der Waals surface area (Å²) in [7, 11) is 0. The second kappa shape index (κ2) is 7.36. The molecule has 2 heterocycles. The predicted molar refractivity (Wildman–Crippen MR) is 81.2 cm³/mol. The molecule has 2 N–H and O–H groups in total. The number of rotatable bonds is 5. The van der Waals surface area contributed by atoms with Gasteiger partial charge in [-0.25, -0.2) is 4.98 Å². The van der Waals surface area contributed by atoms with E-state index in [9.17, 15) is 9.59 Å². The summed E-state index contributed by atoms with van der Waals surface area (Å²) in [6.07, 6.45) is 4.81. The van der Waals surface area contributed by atoms with E-state index in [0.717, 1.165) is 32.3 Å². The van der Waals surface area contributed by atoms with Crippen LogP contribution in [0, 0.1) is 11.8 Å². The SMILES string of the molecule is CC(C)CN1CCC[C@@H](CNC(=O)c2c[nH]c(=O)cn2)C1. The minimum absolute atomic E-state index is 0.229. The third kappa shape index (κ3) is 4.97. The van der Waals surface area contributed by atoms with Gasteiger partial charge in [-0.1, -0.05) is 13.8 Å². The van der Waals surface area contributed by atoms with E-state index in [4.69, 9.17) is 0 Å². The number of carbonyl (C=O) groups is 1. The van der Waals surface area contributed by atoms with Gasteiger partial charge in [-0.05, 0) is 31.2 Å². The predicted octanol–water partition coefficient (Wildman–Crippen LogP) is 0.868. The molecule has 1 aliphatic rings. The highest BCUT2D eigenvalue weighted by Gasteiger charge is 2.21. The number of hydrogen-bond donors (Lipinski definition) is 2. The molecule has 1 aromatic rings. The van der Waals surface area contributed by atoms with E-state index < -0.39 is 0 Å². The van der Waals surface area contributed by atoms with Gasteiger partial charge in [0.25, 0.3) is 11.5 Å². The first-order valence-corrected chi connectivity index (χ1v) is 7.60. The van der Waals surface area contributed by atoms with Crippen molar-refractivity contribution in [3.63, 3.8) is 0 Å². The molecule has 1 amide bonds. The van der Waals surface area contributed by atoms with Crippen LogP contribution in [0.25, 0.3) is 0 Å². The quantitative estimate of drug-likeness (QED) is 0.844. The van der Waals surface area contributed by atoms with E-state index in [0.29, 0.717) is 18.4 Å². The summed E-state index contributed by atoms with van der Waals surface area (Å²) in [4.78, 5) is 31.6. The molecule has 116 valence electrons. The molecule has 0 spiro atoms. The highest BCUT2D eigenvalue weighted by Crippen LogP contribution is 2.16. The molecule has 0 radical (unpaired) electrons. The maximum absolute atomic E-state index is 11.9. The summed E-state index contributed by atoms with van der Waals surface area (Å²) in [5.74, 6) is 0.931. The Morgan fingerprint density at radius 3 is 3.05 bits per heavy atom. The second-order valence-electron chi connectivity index (χ2n) is 6.17. The maximum atomic E-state index is 11.9. The first-order valence-electron chi connectivity index (χ1n) is 7.60. The molecule has 1 aliphatic heterocycles. The average molecular weight is 292 g/mol. The van der Waals surface area contributed by atoms with E-state index >= 15 is 0 Å². The average Bonchev–Trinajstić information content (AvgIpc) is 2.45. The van der Waals surface area contributed by atoms with E-state index in [-0.39, 0.29) is 17.2 Å². The van der Waals surface area contributed by atoms with Crippen LogP contribution in [-0.2, 0) is 0 Å². The topological polar surface area (TPSA) is 78.1 Å². The fourth-order valence-electron chi connectivity index (χ4n) is 2.79. The highest BCUT2D eigenvalue weighted by atomic mass is 16.2. The zero-order valence-electron chi connectivity index (χ0n) is 12.8. The fourth-order valence-corrected chi connectivity index (χ4v) is 2.79. The number of nitrogens with one attached hydrogen (secondary N) is 2. The minimum atomic E-state index is -0.303. The zero-order valence-corrected chi connectivity index (χ0v) is 12.8. The number of nitrogens with zero attached hydrogens (tertiary/aromatic N) is 2. The van der Waals surface area contributed by atoms with Gasteiger partial charge in [-0.2, -0.15) is 0 Å².